The van der Waals surface area contributed by atoms with Crippen LogP contribution in [0.1, 0.15) is 35.6 Å². The number of fused-ring (bicyclic) bond motifs is 1. The zero-order valence-electron chi connectivity index (χ0n) is 14.6. The molecule has 0 aromatic heterocycles. The largest absolute Gasteiger partial charge is 0.335 e. The van der Waals surface area contributed by atoms with Gasteiger partial charge in [-0.15, -0.1) is 0 Å². The molecule has 2 aromatic rings. The van der Waals surface area contributed by atoms with Gasteiger partial charge in [0.05, 0.1) is 18.2 Å². The molecule has 0 saturated carbocycles. The summed E-state index contributed by atoms with van der Waals surface area (Å²) in [6, 6.07) is 12.2. The first kappa shape index (κ1) is 20.1. The smallest absolute Gasteiger partial charge is 0.265 e. The monoisotopic (exact) mass is 427 g/mol. The normalized spacial score (nSPS) is 19.6. The number of carbonyl (C=O) groups excluding carboxylic acids is 1. The van der Waals surface area contributed by atoms with E-state index in [-0.39, 0.29) is 24.9 Å². The highest BCUT2D eigenvalue weighted by Gasteiger charge is 2.35. The molecule has 1 heterocycles. The Balaban J connectivity index is 1.93. The molecule has 0 saturated heterocycles. The van der Waals surface area contributed by atoms with Crippen LogP contribution in [0.15, 0.2) is 42.5 Å². The van der Waals surface area contributed by atoms with Gasteiger partial charge >= 0.3 is 0 Å². The minimum Gasteiger partial charge on any atom is -0.335 e. The molecule has 3 rings (SSSR count). The van der Waals surface area contributed by atoms with E-state index in [1.54, 1.807) is 23.1 Å². The second-order valence-corrected chi connectivity index (χ2v) is 8.99. The van der Waals surface area contributed by atoms with Crippen molar-refractivity contribution in [3.63, 3.8) is 0 Å². The van der Waals surface area contributed by atoms with Crippen molar-refractivity contribution in [1.82, 2.24) is 4.90 Å². The highest BCUT2D eigenvalue weighted by Crippen LogP contribution is 2.37. The van der Waals surface area contributed by atoms with Crippen molar-refractivity contribution in [3.05, 3.63) is 69.2 Å². The van der Waals surface area contributed by atoms with Gasteiger partial charge in [-0.05, 0) is 35.7 Å². The molecule has 0 unspecified atom stereocenters. The molecule has 144 valence electrons. The predicted octanol–water partition coefficient (Wildman–Crippen LogP) is 4.11. The molecule has 27 heavy (non-hydrogen) atoms. The molecule has 1 N–H and O–H groups in total. The third kappa shape index (κ3) is 4.46. The van der Waals surface area contributed by atoms with Crippen molar-refractivity contribution in [1.29, 1.82) is 0 Å². The van der Waals surface area contributed by atoms with Gasteiger partial charge < -0.3 is 4.90 Å². The van der Waals surface area contributed by atoms with E-state index in [0.717, 1.165) is 11.1 Å². The Morgan fingerprint density at radius 3 is 2.30 bits per heavy atom. The molecule has 0 spiro atoms. The van der Waals surface area contributed by atoms with Crippen LogP contribution >= 0.6 is 23.2 Å². The standard InChI is InChI=1S/C19H19Cl2NO4S/c1-12-14-5-2-3-6-15(14)13(11-27(24,25)26)10-22(12)19(23)9-16-17(20)7-4-8-18(16)21/h2-8,12-13H,9-11H2,1H3,(H,24,25,26)/t12-,13-/m0/s1. The molecular weight excluding hydrogens is 409 g/mol. The summed E-state index contributed by atoms with van der Waals surface area (Å²) in [7, 11) is -4.19. The predicted molar refractivity (Wildman–Crippen MR) is 106 cm³/mol. The van der Waals surface area contributed by atoms with Crippen molar-refractivity contribution in [2.45, 2.75) is 25.3 Å². The summed E-state index contributed by atoms with van der Waals surface area (Å²) in [6.45, 7) is 2.09. The Hall–Kier alpha value is -1.60. The quantitative estimate of drug-likeness (QED) is 0.744. The Bertz CT molecular complexity index is 957. The minimum atomic E-state index is -4.19. The van der Waals surface area contributed by atoms with Crippen molar-refractivity contribution in [3.8, 4) is 0 Å². The maximum absolute atomic E-state index is 13.0. The van der Waals surface area contributed by atoms with Gasteiger partial charge in [0.25, 0.3) is 10.1 Å². The van der Waals surface area contributed by atoms with Crippen LogP contribution in [0, 0.1) is 0 Å². The number of halogens is 2. The number of amides is 1. The first-order chi connectivity index (χ1) is 12.7. The molecule has 1 aliphatic heterocycles. The minimum absolute atomic E-state index is 0.0175. The average molecular weight is 428 g/mol. The van der Waals surface area contributed by atoms with Crippen LogP contribution in [-0.2, 0) is 21.3 Å². The number of hydrogen-bond donors (Lipinski definition) is 1. The second kappa shape index (κ2) is 7.80. The summed E-state index contributed by atoms with van der Waals surface area (Å²) < 4.78 is 32.3. The maximum Gasteiger partial charge on any atom is 0.265 e. The molecule has 1 amide bonds. The van der Waals surface area contributed by atoms with E-state index < -0.39 is 21.8 Å². The lowest BCUT2D eigenvalue weighted by atomic mass is 9.86. The summed E-state index contributed by atoms with van der Waals surface area (Å²) in [4.78, 5) is 14.6. The van der Waals surface area contributed by atoms with Crippen LogP contribution < -0.4 is 0 Å². The fourth-order valence-electron chi connectivity index (χ4n) is 3.59. The summed E-state index contributed by atoms with van der Waals surface area (Å²) in [5.74, 6) is -1.14. The molecule has 2 aromatic carbocycles. The van der Waals surface area contributed by atoms with Crippen LogP contribution in [0.2, 0.25) is 10.0 Å². The number of carbonyl (C=O) groups is 1. The van der Waals surface area contributed by atoms with Gasteiger partial charge in [-0.1, -0.05) is 53.5 Å². The van der Waals surface area contributed by atoms with E-state index >= 15 is 0 Å². The van der Waals surface area contributed by atoms with Gasteiger partial charge in [0.1, 0.15) is 0 Å². The molecule has 0 radical (unpaired) electrons. The molecule has 0 fully saturated rings. The van der Waals surface area contributed by atoms with E-state index in [2.05, 4.69) is 0 Å². The van der Waals surface area contributed by atoms with Crippen LogP contribution in [0.3, 0.4) is 0 Å². The van der Waals surface area contributed by atoms with Gasteiger partial charge in [0.2, 0.25) is 5.91 Å². The van der Waals surface area contributed by atoms with Crippen LogP contribution in [0.25, 0.3) is 0 Å². The topological polar surface area (TPSA) is 74.7 Å². The van der Waals surface area contributed by atoms with Crippen LogP contribution in [-0.4, -0.2) is 36.1 Å². The lowest BCUT2D eigenvalue weighted by Crippen LogP contribution is -2.43. The molecule has 0 bridgehead atoms. The van der Waals surface area contributed by atoms with E-state index in [1.165, 1.54) is 0 Å². The van der Waals surface area contributed by atoms with Gasteiger partial charge in [0.15, 0.2) is 0 Å². The third-order valence-corrected chi connectivity index (χ3v) is 6.42. The Kier molecular flexibility index (Phi) is 5.82. The molecule has 8 heteroatoms. The van der Waals surface area contributed by atoms with Crippen molar-refractivity contribution in [2.75, 3.05) is 12.3 Å². The maximum atomic E-state index is 13.0. The Morgan fingerprint density at radius 1 is 1.11 bits per heavy atom. The molecule has 0 aliphatic carbocycles. The highest BCUT2D eigenvalue weighted by molar-refractivity contribution is 7.85. The first-order valence-electron chi connectivity index (χ1n) is 8.43. The average Bonchev–Trinajstić information content (AvgIpc) is 2.59. The first-order valence-corrected chi connectivity index (χ1v) is 10.8. The number of hydrogen-bond acceptors (Lipinski definition) is 3. The number of benzene rings is 2. The third-order valence-electron chi connectivity index (χ3n) is 4.89. The summed E-state index contributed by atoms with van der Waals surface area (Å²) in [5.41, 5.74) is 2.25. The summed E-state index contributed by atoms with van der Waals surface area (Å²) in [6.07, 6.45) is 0.0175. The van der Waals surface area contributed by atoms with Gasteiger partial charge in [-0.25, -0.2) is 0 Å². The highest BCUT2D eigenvalue weighted by atomic mass is 35.5. The SMILES string of the molecule is C[C@H]1c2ccccc2[C@H](CS(=O)(=O)O)CN1C(=O)Cc1c(Cl)cccc1Cl. The van der Waals surface area contributed by atoms with Gasteiger partial charge in [-0.2, -0.15) is 8.42 Å². The molecule has 1 aliphatic rings. The van der Waals surface area contributed by atoms with Crippen molar-refractivity contribution in [2.24, 2.45) is 0 Å². The lowest BCUT2D eigenvalue weighted by molar-refractivity contribution is -0.133. The van der Waals surface area contributed by atoms with Crippen LogP contribution in [0.5, 0.6) is 0 Å². The van der Waals surface area contributed by atoms with Crippen molar-refractivity contribution < 1.29 is 17.8 Å². The summed E-state index contributed by atoms with van der Waals surface area (Å²) in [5, 5.41) is 0.825. The molecular formula is C19H19Cl2NO4S. The van der Waals surface area contributed by atoms with Gasteiger partial charge in [-0.3, -0.25) is 9.35 Å². The van der Waals surface area contributed by atoms with E-state index in [9.17, 15) is 17.8 Å². The lowest BCUT2D eigenvalue weighted by Gasteiger charge is -2.39. The number of rotatable bonds is 4. The zero-order chi connectivity index (χ0) is 19.8. The fourth-order valence-corrected chi connectivity index (χ4v) is 4.92. The summed E-state index contributed by atoms with van der Waals surface area (Å²) >= 11 is 12.4. The molecule has 5 nitrogen and oxygen atoms in total. The Morgan fingerprint density at radius 2 is 1.70 bits per heavy atom. The van der Waals surface area contributed by atoms with E-state index in [4.69, 9.17) is 23.2 Å². The van der Waals surface area contributed by atoms with E-state index in [1.807, 2.05) is 31.2 Å². The zero-order valence-corrected chi connectivity index (χ0v) is 16.9. The van der Waals surface area contributed by atoms with E-state index in [0.29, 0.717) is 15.6 Å². The second-order valence-electron chi connectivity index (χ2n) is 6.67. The number of nitrogens with zero attached hydrogens (tertiary/aromatic N) is 1. The molecule has 2 atom stereocenters. The van der Waals surface area contributed by atoms with Crippen molar-refractivity contribution >= 4 is 39.2 Å². The van der Waals surface area contributed by atoms with Crippen LogP contribution in [0.4, 0.5) is 0 Å². The fraction of sp³-hybridized carbons (Fsp3) is 0.316. The van der Waals surface area contributed by atoms with Gasteiger partial charge in [0, 0.05) is 22.5 Å². The Labute approximate surface area is 168 Å².